The van der Waals surface area contributed by atoms with Crippen molar-refractivity contribution in [3.63, 3.8) is 0 Å². The molecule has 0 atom stereocenters. The van der Waals surface area contributed by atoms with Crippen LogP contribution in [0.25, 0.3) is 0 Å². The first-order valence-electron chi connectivity index (χ1n) is 6.74. The Labute approximate surface area is 108 Å². The van der Waals surface area contributed by atoms with Crippen LogP contribution in [0.2, 0.25) is 0 Å². The molecule has 0 radical (unpaired) electrons. The quantitative estimate of drug-likeness (QED) is 0.812. The molecule has 1 N–H and O–H groups in total. The summed E-state index contributed by atoms with van der Waals surface area (Å²) in [5.41, 5.74) is 5.04. The molecule has 1 aliphatic carbocycles. The molecule has 1 aliphatic rings. The summed E-state index contributed by atoms with van der Waals surface area (Å²) < 4.78 is 0. The molecule has 1 aromatic carbocycles. The highest BCUT2D eigenvalue weighted by Gasteiger charge is 2.16. The molecule has 0 aliphatic heterocycles. The fourth-order valence-corrected chi connectivity index (χ4v) is 2.35. The highest BCUT2D eigenvalue weighted by Crippen LogP contribution is 2.19. The molecular formula is C15H21NO2. The average molecular weight is 247 g/mol. The van der Waals surface area contributed by atoms with E-state index in [9.17, 15) is 4.79 Å². The zero-order valence-electron chi connectivity index (χ0n) is 10.9. The molecule has 18 heavy (non-hydrogen) atoms. The molecule has 1 aromatic rings. The lowest BCUT2D eigenvalue weighted by molar-refractivity contribution is -0.138. The monoisotopic (exact) mass is 247 g/mol. The van der Waals surface area contributed by atoms with Gasteiger partial charge in [-0.05, 0) is 37.3 Å². The molecule has 0 spiro atoms. The van der Waals surface area contributed by atoms with Crippen LogP contribution in [0.5, 0.6) is 0 Å². The minimum absolute atomic E-state index is 0.0230. The van der Waals surface area contributed by atoms with Crippen LogP contribution in [0.3, 0.4) is 0 Å². The van der Waals surface area contributed by atoms with Crippen molar-refractivity contribution in [1.29, 1.82) is 0 Å². The van der Waals surface area contributed by atoms with E-state index in [2.05, 4.69) is 24.5 Å². The summed E-state index contributed by atoms with van der Waals surface area (Å²) in [6, 6.07) is 8.17. The molecule has 0 heterocycles. The van der Waals surface area contributed by atoms with Crippen molar-refractivity contribution in [2.45, 2.75) is 51.6 Å². The van der Waals surface area contributed by atoms with Gasteiger partial charge in [-0.25, -0.2) is 5.48 Å². The minimum atomic E-state index is -0.0230. The second-order valence-electron chi connectivity index (χ2n) is 4.98. The van der Waals surface area contributed by atoms with Crippen molar-refractivity contribution in [2.24, 2.45) is 0 Å². The molecular weight excluding hydrogens is 226 g/mol. The van der Waals surface area contributed by atoms with Gasteiger partial charge in [0, 0.05) is 6.42 Å². The zero-order chi connectivity index (χ0) is 12.8. The maximum absolute atomic E-state index is 11.6. The maximum Gasteiger partial charge on any atom is 0.243 e. The van der Waals surface area contributed by atoms with Crippen molar-refractivity contribution < 1.29 is 9.63 Å². The molecule has 0 saturated heterocycles. The zero-order valence-corrected chi connectivity index (χ0v) is 10.9. The normalized spacial score (nSPS) is 15.8. The summed E-state index contributed by atoms with van der Waals surface area (Å²) in [5.74, 6) is -0.0230. The fourth-order valence-electron chi connectivity index (χ4n) is 2.35. The Morgan fingerprint density at radius 2 is 2.06 bits per heavy atom. The van der Waals surface area contributed by atoms with Gasteiger partial charge >= 0.3 is 0 Å². The first-order chi connectivity index (χ1) is 8.75. The lowest BCUT2D eigenvalue weighted by atomic mass is 10.0. The predicted molar refractivity (Wildman–Crippen MR) is 71.0 cm³/mol. The first-order valence-corrected chi connectivity index (χ1v) is 6.74. The van der Waals surface area contributed by atoms with Gasteiger partial charge in [-0.2, -0.15) is 0 Å². The van der Waals surface area contributed by atoms with Crippen LogP contribution in [0, 0.1) is 6.92 Å². The molecule has 1 fully saturated rings. The standard InChI is InChI=1S/C15H21NO2/c1-12-6-2-3-7-13(12)10-11-15(17)16-18-14-8-4-5-9-14/h2-3,6-7,14H,4-5,8-11H2,1H3,(H,16,17). The third-order valence-corrected chi connectivity index (χ3v) is 3.52. The smallest absolute Gasteiger partial charge is 0.243 e. The number of hydrogen-bond acceptors (Lipinski definition) is 2. The van der Waals surface area contributed by atoms with E-state index >= 15 is 0 Å². The first kappa shape index (κ1) is 13.1. The summed E-state index contributed by atoms with van der Waals surface area (Å²) in [5, 5.41) is 0. The van der Waals surface area contributed by atoms with Gasteiger partial charge in [0.15, 0.2) is 0 Å². The lowest BCUT2D eigenvalue weighted by Gasteiger charge is -2.11. The van der Waals surface area contributed by atoms with E-state index in [1.54, 1.807) is 0 Å². The van der Waals surface area contributed by atoms with Crippen LogP contribution < -0.4 is 5.48 Å². The molecule has 0 aromatic heterocycles. The number of rotatable bonds is 5. The summed E-state index contributed by atoms with van der Waals surface area (Å²) in [6.45, 7) is 2.07. The van der Waals surface area contributed by atoms with E-state index in [0.717, 1.165) is 19.3 Å². The predicted octanol–water partition coefficient (Wildman–Crippen LogP) is 2.92. The molecule has 1 saturated carbocycles. The number of nitrogens with one attached hydrogen (secondary N) is 1. The number of amides is 1. The SMILES string of the molecule is Cc1ccccc1CCC(=O)NOC1CCCC1. The lowest BCUT2D eigenvalue weighted by Crippen LogP contribution is -2.28. The fraction of sp³-hybridized carbons (Fsp3) is 0.533. The van der Waals surface area contributed by atoms with Crippen molar-refractivity contribution in [3.05, 3.63) is 35.4 Å². The van der Waals surface area contributed by atoms with Crippen LogP contribution in [-0.4, -0.2) is 12.0 Å². The van der Waals surface area contributed by atoms with Crippen LogP contribution in [0.15, 0.2) is 24.3 Å². The van der Waals surface area contributed by atoms with E-state index < -0.39 is 0 Å². The number of carbonyl (C=O) groups excluding carboxylic acids is 1. The van der Waals surface area contributed by atoms with Crippen LogP contribution in [0.4, 0.5) is 0 Å². The van der Waals surface area contributed by atoms with Gasteiger partial charge in [-0.1, -0.05) is 37.1 Å². The van der Waals surface area contributed by atoms with Gasteiger partial charge in [0.05, 0.1) is 6.10 Å². The van der Waals surface area contributed by atoms with Crippen molar-refractivity contribution in [3.8, 4) is 0 Å². The molecule has 3 heteroatoms. The maximum atomic E-state index is 11.6. The van der Waals surface area contributed by atoms with Gasteiger partial charge in [0.2, 0.25) is 5.91 Å². The summed E-state index contributed by atoms with van der Waals surface area (Å²) in [4.78, 5) is 17.0. The summed E-state index contributed by atoms with van der Waals surface area (Å²) >= 11 is 0. The topological polar surface area (TPSA) is 38.3 Å². The van der Waals surface area contributed by atoms with E-state index in [1.165, 1.54) is 24.0 Å². The highest BCUT2D eigenvalue weighted by molar-refractivity contribution is 5.75. The summed E-state index contributed by atoms with van der Waals surface area (Å²) in [7, 11) is 0. The average Bonchev–Trinajstić information content (AvgIpc) is 2.88. The highest BCUT2D eigenvalue weighted by atomic mass is 16.7. The Morgan fingerprint density at radius 3 is 2.78 bits per heavy atom. The number of aryl methyl sites for hydroxylation is 2. The second kappa shape index (κ2) is 6.55. The van der Waals surface area contributed by atoms with E-state index in [-0.39, 0.29) is 12.0 Å². The Hall–Kier alpha value is -1.35. The molecule has 3 nitrogen and oxygen atoms in total. The molecule has 0 bridgehead atoms. The molecule has 0 unspecified atom stereocenters. The van der Waals surface area contributed by atoms with Crippen LogP contribution in [0.1, 0.15) is 43.2 Å². The van der Waals surface area contributed by atoms with E-state index in [0.29, 0.717) is 6.42 Å². The molecule has 2 rings (SSSR count). The second-order valence-corrected chi connectivity index (χ2v) is 4.98. The Bertz CT molecular complexity index is 397. The van der Waals surface area contributed by atoms with Crippen LogP contribution in [-0.2, 0) is 16.1 Å². The third kappa shape index (κ3) is 3.84. The van der Waals surface area contributed by atoms with Gasteiger partial charge in [-0.3, -0.25) is 9.63 Å². The number of carbonyl (C=O) groups is 1. The van der Waals surface area contributed by atoms with Gasteiger partial charge in [0.25, 0.3) is 0 Å². The Balaban J connectivity index is 1.69. The van der Waals surface area contributed by atoms with Crippen molar-refractivity contribution in [2.75, 3.05) is 0 Å². The van der Waals surface area contributed by atoms with Crippen molar-refractivity contribution >= 4 is 5.91 Å². The summed E-state index contributed by atoms with van der Waals surface area (Å²) in [6.07, 6.45) is 6.04. The third-order valence-electron chi connectivity index (χ3n) is 3.52. The minimum Gasteiger partial charge on any atom is -0.273 e. The Morgan fingerprint density at radius 1 is 1.33 bits per heavy atom. The Kier molecular flexibility index (Phi) is 4.76. The number of benzene rings is 1. The number of hydroxylamine groups is 1. The largest absolute Gasteiger partial charge is 0.273 e. The van der Waals surface area contributed by atoms with E-state index in [1.807, 2.05) is 12.1 Å². The van der Waals surface area contributed by atoms with Gasteiger partial charge in [0.1, 0.15) is 0 Å². The van der Waals surface area contributed by atoms with Gasteiger partial charge in [-0.15, -0.1) is 0 Å². The van der Waals surface area contributed by atoms with Gasteiger partial charge < -0.3 is 0 Å². The molecule has 1 amide bonds. The van der Waals surface area contributed by atoms with Crippen molar-refractivity contribution in [1.82, 2.24) is 5.48 Å². The van der Waals surface area contributed by atoms with Crippen LogP contribution >= 0.6 is 0 Å². The van der Waals surface area contributed by atoms with E-state index in [4.69, 9.17) is 4.84 Å². The molecule has 98 valence electrons. The number of hydrogen-bond donors (Lipinski definition) is 1.